The summed E-state index contributed by atoms with van der Waals surface area (Å²) in [5.41, 5.74) is 3.77. The van der Waals surface area contributed by atoms with Crippen LogP contribution in [0.2, 0.25) is 0 Å². The van der Waals surface area contributed by atoms with E-state index in [1.54, 1.807) is 36.4 Å². The second-order valence-corrected chi connectivity index (χ2v) is 8.22. The summed E-state index contributed by atoms with van der Waals surface area (Å²) in [6.45, 7) is 4.82. The predicted molar refractivity (Wildman–Crippen MR) is 123 cm³/mol. The molecule has 0 radical (unpaired) electrons. The van der Waals surface area contributed by atoms with Gasteiger partial charge in [0.2, 0.25) is 0 Å². The number of carbonyl (C=O) groups is 1. The van der Waals surface area contributed by atoms with Gasteiger partial charge in [-0.25, -0.2) is 4.79 Å². The van der Waals surface area contributed by atoms with Gasteiger partial charge in [0.25, 0.3) is 10.1 Å². The van der Waals surface area contributed by atoms with E-state index in [1.807, 2.05) is 27.0 Å². The van der Waals surface area contributed by atoms with Gasteiger partial charge in [0, 0.05) is 0 Å². The molecule has 3 rings (SSSR count). The molecule has 0 bridgehead atoms. The van der Waals surface area contributed by atoms with Crippen molar-refractivity contribution in [3.8, 4) is 0 Å². The van der Waals surface area contributed by atoms with Crippen molar-refractivity contribution in [2.75, 3.05) is 13.6 Å². The molecule has 6 nitrogen and oxygen atoms in total. The normalized spacial score (nSPS) is 10.2. The molecule has 0 aliphatic carbocycles. The van der Waals surface area contributed by atoms with Crippen molar-refractivity contribution in [3.63, 3.8) is 0 Å². The first-order valence-corrected chi connectivity index (χ1v) is 11.1. The molecular formula is C24H29NO5S. The number of carboxylic acid groups (broad SMARTS) is 1. The van der Waals surface area contributed by atoms with Gasteiger partial charge in [-0.2, -0.15) is 8.42 Å². The van der Waals surface area contributed by atoms with Crippen LogP contribution in [0.3, 0.4) is 0 Å². The molecule has 0 amide bonds. The van der Waals surface area contributed by atoms with E-state index in [2.05, 4.69) is 29.6 Å². The molecule has 0 saturated heterocycles. The number of benzene rings is 3. The molecule has 0 heterocycles. The Kier molecular flexibility index (Phi) is 11.2. The van der Waals surface area contributed by atoms with E-state index < -0.39 is 16.1 Å². The fraction of sp³-hybridized carbons (Fsp3) is 0.208. The molecule has 166 valence electrons. The van der Waals surface area contributed by atoms with Crippen molar-refractivity contribution < 1.29 is 22.9 Å². The lowest BCUT2D eigenvalue weighted by atomic mass is 10.2. The van der Waals surface area contributed by atoms with Gasteiger partial charge in [-0.15, -0.1) is 0 Å². The van der Waals surface area contributed by atoms with Crippen LogP contribution in [-0.2, 0) is 16.5 Å². The summed E-state index contributed by atoms with van der Waals surface area (Å²) in [6, 6.07) is 23.2. The SMILES string of the molecule is CNCCc1ccccc1.Cc1ccc(C(=O)O)cc1.Cc1ccc(S(=O)(=O)O)cc1. The Morgan fingerprint density at radius 1 is 0.839 bits per heavy atom. The Hall–Kier alpha value is -3.00. The van der Waals surface area contributed by atoms with Crippen LogP contribution in [0.5, 0.6) is 0 Å². The summed E-state index contributed by atoms with van der Waals surface area (Å²) in [5.74, 6) is -0.875. The minimum absolute atomic E-state index is 0.0666. The van der Waals surface area contributed by atoms with Crippen molar-refractivity contribution in [2.45, 2.75) is 25.2 Å². The third-order valence-corrected chi connectivity index (χ3v) is 4.99. The molecule has 0 unspecified atom stereocenters. The highest BCUT2D eigenvalue weighted by molar-refractivity contribution is 7.85. The lowest BCUT2D eigenvalue weighted by Gasteiger charge is -1.97. The highest BCUT2D eigenvalue weighted by Gasteiger charge is 2.06. The van der Waals surface area contributed by atoms with Crippen molar-refractivity contribution >= 4 is 16.1 Å². The zero-order chi connectivity index (χ0) is 23.3. The Bertz CT molecular complexity index is 1020. The average molecular weight is 444 g/mol. The van der Waals surface area contributed by atoms with E-state index in [4.69, 9.17) is 9.66 Å². The van der Waals surface area contributed by atoms with Crippen LogP contribution in [0.15, 0.2) is 83.8 Å². The third-order valence-electron chi connectivity index (χ3n) is 4.12. The van der Waals surface area contributed by atoms with Crippen molar-refractivity contribution in [1.29, 1.82) is 0 Å². The van der Waals surface area contributed by atoms with Gasteiger partial charge in [-0.3, -0.25) is 4.55 Å². The topological polar surface area (TPSA) is 104 Å². The summed E-state index contributed by atoms with van der Waals surface area (Å²) < 4.78 is 29.6. The van der Waals surface area contributed by atoms with Crippen LogP contribution in [-0.4, -0.2) is 37.6 Å². The van der Waals surface area contributed by atoms with Gasteiger partial charge in [0.05, 0.1) is 10.5 Å². The average Bonchev–Trinajstić information content (AvgIpc) is 2.74. The maximum absolute atomic E-state index is 10.5. The molecule has 0 aromatic heterocycles. The lowest BCUT2D eigenvalue weighted by Crippen LogP contribution is -2.09. The summed E-state index contributed by atoms with van der Waals surface area (Å²) in [7, 11) is -2.04. The number of hydrogen-bond acceptors (Lipinski definition) is 4. The molecule has 3 aromatic rings. The Labute approximate surface area is 184 Å². The number of hydrogen-bond donors (Lipinski definition) is 3. The van der Waals surface area contributed by atoms with E-state index in [1.165, 1.54) is 17.7 Å². The van der Waals surface area contributed by atoms with Crippen LogP contribution >= 0.6 is 0 Å². The smallest absolute Gasteiger partial charge is 0.335 e. The summed E-state index contributed by atoms with van der Waals surface area (Å²) >= 11 is 0. The van der Waals surface area contributed by atoms with E-state index >= 15 is 0 Å². The van der Waals surface area contributed by atoms with E-state index in [0.717, 1.165) is 24.1 Å². The Morgan fingerprint density at radius 3 is 1.74 bits per heavy atom. The van der Waals surface area contributed by atoms with Gasteiger partial charge in [0.1, 0.15) is 0 Å². The van der Waals surface area contributed by atoms with Crippen molar-refractivity contribution in [2.24, 2.45) is 0 Å². The first-order valence-electron chi connectivity index (χ1n) is 9.66. The molecule has 0 spiro atoms. The molecule has 7 heteroatoms. The van der Waals surface area contributed by atoms with Gasteiger partial charge in [-0.05, 0) is 63.7 Å². The molecule has 0 saturated carbocycles. The zero-order valence-corrected chi connectivity index (χ0v) is 18.8. The number of nitrogens with one attached hydrogen (secondary N) is 1. The maximum atomic E-state index is 10.5. The second kappa shape index (κ2) is 13.3. The Balaban J connectivity index is 0.000000233. The quantitative estimate of drug-likeness (QED) is 0.506. The van der Waals surface area contributed by atoms with Gasteiger partial charge in [-0.1, -0.05) is 65.7 Å². The number of rotatable bonds is 5. The minimum Gasteiger partial charge on any atom is -0.478 e. The van der Waals surface area contributed by atoms with Gasteiger partial charge < -0.3 is 10.4 Å². The summed E-state index contributed by atoms with van der Waals surface area (Å²) in [4.78, 5) is 10.2. The zero-order valence-electron chi connectivity index (χ0n) is 17.9. The summed E-state index contributed by atoms with van der Waals surface area (Å²) in [6.07, 6.45) is 1.12. The Morgan fingerprint density at radius 2 is 1.32 bits per heavy atom. The lowest BCUT2D eigenvalue weighted by molar-refractivity contribution is 0.0697. The molecule has 0 aliphatic heterocycles. The number of likely N-dealkylation sites (N-methyl/N-ethyl adjacent to an activating group) is 1. The highest BCUT2D eigenvalue weighted by Crippen LogP contribution is 2.08. The number of aryl methyl sites for hydroxylation is 2. The number of aromatic carboxylic acids is 1. The van der Waals surface area contributed by atoms with Gasteiger partial charge >= 0.3 is 5.97 Å². The highest BCUT2D eigenvalue weighted by atomic mass is 32.2. The third kappa shape index (κ3) is 11.1. The van der Waals surface area contributed by atoms with E-state index in [0.29, 0.717) is 5.56 Å². The molecule has 0 atom stereocenters. The first-order chi connectivity index (χ1) is 14.6. The van der Waals surface area contributed by atoms with E-state index in [9.17, 15) is 13.2 Å². The fourth-order valence-corrected chi connectivity index (χ4v) is 2.80. The largest absolute Gasteiger partial charge is 0.478 e. The van der Waals surface area contributed by atoms with Crippen molar-refractivity contribution in [1.82, 2.24) is 5.32 Å². The molecule has 0 fully saturated rings. The molecular weight excluding hydrogens is 414 g/mol. The minimum atomic E-state index is -4.02. The summed E-state index contributed by atoms with van der Waals surface area (Å²) in [5, 5.41) is 11.6. The maximum Gasteiger partial charge on any atom is 0.335 e. The van der Waals surface area contributed by atoms with Crippen LogP contribution in [0.25, 0.3) is 0 Å². The van der Waals surface area contributed by atoms with E-state index in [-0.39, 0.29) is 4.90 Å². The monoisotopic (exact) mass is 443 g/mol. The first kappa shape index (κ1) is 26.0. The van der Waals surface area contributed by atoms with Crippen LogP contribution in [0.4, 0.5) is 0 Å². The van der Waals surface area contributed by atoms with Crippen LogP contribution in [0.1, 0.15) is 27.0 Å². The fourth-order valence-electron chi connectivity index (χ4n) is 2.32. The molecule has 3 N–H and O–H groups in total. The number of carboxylic acids is 1. The van der Waals surface area contributed by atoms with Crippen molar-refractivity contribution in [3.05, 3.63) is 101 Å². The molecule has 0 aliphatic rings. The van der Waals surface area contributed by atoms with Crippen LogP contribution < -0.4 is 5.32 Å². The van der Waals surface area contributed by atoms with Gasteiger partial charge in [0.15, 0.2) is 0 Å². The standard InChI is InChI=1S/C9H13N.C8H8O2.C7H8O3S/c1-10-8-7-9-5-3-2-4-6-9;1-6-2-4-7(5-3-6)8(9)10;1-6-2-4-7(5-3-6)11(8,9)10/h2-6,10H,7-8H2,1H3;2-5H,1H3,(H,9,10);2-5H,1H3,(H,8,9,10). The molecule has 3 aromatic carbocycles. The predicted octanol–water partition coefficient (Wildman–Crippen LogP) is 4.38. The van der Waals surface area contributed by atoms with Crippen LogP contribution in [0, 0.1) is 13.8 Å². The molecule has 31 heavy (non-hydrogen) atoms. The second-order valence-electron chi connectivity index (χ2n) is 6.80.